The second-order valence-corrected chi connectivity index (χ2v) is 2.05. The monoisotopic (exact) mass is 159 g/mol. The zero-order valence-corrected chi connectivity index (χ0v) is 6.07. The zero-order valence-electron chi connectivity index (χ0n) is 5.32. The lowest BCUT2D eigenvalue weighted by Crippen LogP contribution is -1.85. The molecule has 0 saturated carbocycles. The third kappa shape index (κ3) is 1.21. The molecule has 0 fully saturated rings. The molecule has 3 heteroatoms. The highest BCUT2D eigenvalue weighted by Gasteiger charge is 2.03. The average Bonchev–Trinajstić information content (AvgIpc) is 1.95. The van der Waals surface area contributed by atoms with Gasteiger partial charge in [-0.15, -0.1) is 0 Å². The van der Waals surface area contributed by atoms with E-state index >= 15 is 0 Å². The predicted octanol–water partition coefficient (Wildman–Crippen LogP) is 2.29. The maximum atomic E-state index is 12.5. The minimum atomic E-state index is -0.489. The topological polar surface area (TPSA) is 9.23 Å². The maximum Gasteiger partial charge on any atom is 0.148 e. The molecule has 0 aliphatic heterocycles. The first-order valence-corrected chi connectivity index (χ1v) is 3.03. The van der Waals surface area contributed by atoms with Crippen LogP contribution in [0.4, 0.5) is 4.39 Å². The number of rotatable bonds is 1. The second-order valence-electron chi connectivity index (χ2n) is 1.67. The van der Waals surface area contributed by atoms with Crippen molar-refractivity contribution in [2.45, 2.75) is 0 Å². The van der Waals surface area contributed by atoms with Crippen molar-refractivity contribution >= 4 is 11.6 Å². The Labute approximate surface area is 63.4 Å². The van der Waals surface area contributed by atoms with E-state index < -0.39 is 5.82 Å². The first-order chi connectivity index (χ1) is 4.75. The predicted molar refractivity (Wildman–Crippen MR) is 36.8 cm³/mol. The Kier molecular flexibility index (Phi) is 2.12. The van der Waals surface area contributed by atoms with Crippen LogP contribution in [-0.4, -0.2) is 7.11 Å². The standard InChI is InChI=1S/C7H5ClFO/c1-10-6-4-2-3-5(9)7(6)8/h2-3H,1H3. The van der Waals surface area contributed by atoms with Gasteiger partial charge in [0.05, 0.1) is 7.11 Å². The fourth-order valence-electron chi connectivity index (χ4n) is 0.584. The molecule has 0 N–H and O–H groups in total. The van der Waals surface area contributed by atoms with Crippen molar-refractivity contribution in [2.24, 2.45) is 0 Å². The molecular formula is C7H5ClFO. The third-order valence-corrected chi connectivity index (χ3v) is 1.41. The number of ether oxygens (including phenoxy) is 1. The lowest BCUT2D eigenvalue weighted by Gasteiger charge is -2.00. The second kappa shape index (κ2) is 2.88. The molecule has 0 aliphatic rings. The summed E-state index contributed by atoms with van der Waals surface area (Å²) in [6.07, 6.45) is 0. The van der Waals surface area contributed by atoms with Gasteiger partial charge in [-0.3, -0.25) is 0 Å². The fraction of sp³-hybridized carbons (Fsp3) is 0.143. The van der Waals surface area contributed by atoms with Gasteiger partial charge < -0.3 is 4.74 Å². The normalized spacial score (nSPS) is 9.50. The summed E-state index contributed by atoms with van der Waals surface area (Å²) in [5.74, 6) is -0.251. The van der Waals surface area contributed by atoms with Crippen molar-refractivity contribution in [1.29, 1.82) is 0 Å². The molecule has 0 aromatic heterocycles. The van der Waals surface area contributed by atoms with Crippen molar-refractivity contribution in [3.05, 3.63) is 29.0 Å². The molecule has 0 atom stereocenters. The Bertz CT molecular complexity index is 237. The van der Waals surface area contributed by atoms with Crippen molar-refractivity contribution in [3.8, 4) is 5.75 Å². The van der Waals surface area contributed by atoms with Crippen LogP contribution >= 0.6 is 11.6 Å². The molecule has 0 unspecified atom stereocenters. The van der Waals surface area contributed by atoms with Gasteiger partial charge in [0, 0.05) is 6.07 Å². The van der Waals surface area contributed by atoms with E-state index in [1.165, 1.54) is 19.2 Å². The van der Waals surface area contributed by atoms with Gasteiger partial charge in [0.25, 0.3) is 0 Å². The molecule has 1 aromatic carbocycles. The first kappa shape index (κ1) is 7.35. The highest BCUT2D eigenvalue weighted by atomic mass is 35.5. The SMILES string of the molecule is COc1[c]ccc(F)c1Cl. The van der Waals surface area contributed by atoms with Gasteiger partial charge in [-0.2, -0.15) is 0 Å². The molecule has 0 bridgehead atoms. The minimum Gasteiger partial charge on any atom is -0.494 e. The van der Waals surface area contributed by atoms with Crippen LogP contribution in [-0.2, 0) is 0 Å². The summed E-state index contributed by atoms with van der Waals surface area (Å²) in [6.45, 7) is 0. The molecule has 0 saturated heterocycles. The third-order valence-electron chi connectivity index (χ3n) is 1.06. The summed E-state index contributed by atoms with van der Waals surface area (Å²) in [4.78, 5) is 0. The van der Waals surface area contributed by atoms with E-state index in [0.29, 0.717) is 0 Å². The molecule has 0 amide bonds. The van der Waals surface area contributed by atoms with E-state index in [1.807, 2.05) is 0 Å². The lowest BCUT2D eigenvalue weighted by molar-refractivity contribution is 0.410. The van der Waals surface area contributed by atoms with Gasteiger partial charge in [0.2, 0.25) is 0 Å². The van der Waals surface area contributed by atoms with Crippen LogP contribution in [0.25, 0.3) is 0 Å². The molecule has 1 aromatic rings. The summed E-state index contributed by atoms with van der Waals surface area (Å²) in [7, 11) is 1.41. The number of benzene rings is 1. The van der Waals surface area contributed by atoms with E-state index in [4.69, 9.17) is 16.3 Å². The molecule has 1 nitrogen and oxygen atoms in total. The van der Waals surface area contributed by atoms with E-state index in [2.05, 4.69) is 6.07 Å². The Balaban J connectivity index is 3.14. The highest BCUT2D eigenvalue weighted by molar-refractivity contribution is 6.32. The molecule has 53 valence electrons. The van der Waals surface area contributed by atoms with E-state index in [-0.39, 0.29) is 10.8 Å². The van der Waals surface area contributed by atoms with Crippen LogP contribution in [0.5, 0.6) is 5.75 Å². The minimum absolute atomic E-state index is 0.0231. The first-order valence-electron chi connectivity index (χ1n) is 2.65. The fourth-order valence-corrected chi connectivity index (χ4v) is 0.779. The smallest absolute Gasteiger partial charge is 0.148 e. The van der Waals surface area contributed by atoms with Gasteiger partial charge >= 0.3 is 0 Å². The summed E-state index contributed by atoms with van der Waals surface area (Å²) < 4.78 is 17.2. The molecule has 1 radical (unpaired) electrons. The molecule has 0 aliphatic carbocycles. The van der Waals surface area contributed by atoms with Gasteiger partial charge in [0.1, 0.15) is 16.6 Å². The van der Waals surface area contributed by atoms with Crippen LogP contribution in [0, 0.1) is 11.9 Å². The Hall–Kier alpha value is -0.760. The van der Waals surface area contributed by atoms with Crippen LogP contribution < -0.4 is 4.74 Å². The van der Waals surface area contributed by atoms with E-state index in [9.17, 15) is 4.39 Å². The maximum absolute atomic E-state index is 12.5. The zero-order chi connectivity index (χ0) is 7.56. The van der Waals surface area contributed by atoms with E-state index in [0.717, 1.165) is 0 Å². The summed E-state index contributed by atoms with van der Waals surface area (Å²) in [6, 6.07) is 5.28. The van der Waals surface area contributed by atoms with Gasteiger partial charge in [-0.1, -0.05) is 11.6 Å². The van der Waals surface area contributed by atoms with Gasteiger partial charge in [0.15, 0.2) is 0 Å². The van der Waals surface area contributed by atoms with Crippen LogP contribution in [0.2, 0.25) is 5.02 Å². The van der Waals surface area contributed by atoms with Crippen molar-refractivity contribution in [1.82, 2.24) is 0 Å². The van der Waals surface area contributed by atoms with Crippen molar-refractivity contribution in [2.75, 3.05) is 7.11 Å². The van der Waals surface area contributed by atoms with Crippen molar-refractivity contribution in [3.63, 3.8) is 0 Å². The van der Waals surface area contributed by atoms with Crippen molar-refractivity contribution < 1.29 is 9.13 Å². The van der Waals surface area contributed by atoms with Crippen LogP contribution in [0.3, 0.4) is 0 Å². The largest absolute Gasteiger partial charge is 0.494 e. The number of hydrogen-bond acceptors (Lipinski definition) is 1. The Morgan fingerprint density at radius 2 is 2.40 bits per heavy atom. The van der Waals surface area contributed by atoms with Gasteiger partial charge in [-0.25, -0.2) is 4.39 Å². The average molecular weight is 160 g/mol. The van der Waals surface area contributed by atoms with E-state index in [1.54, 1.807) is 0 Å². The van der Waals surface area contributed by atoms with Crippen LogP contribution in [0.15, 0.2) is 12.1 Å². The number of halogens is 2. The molecule has 0 spiro atoms. The Morgan fingerprint density at radius 3 is 2.90 bits per heavy atom. The Morgan fingerprint density at radius 1 is 1.70 bits per heavy atom. The molecule has 0 heterocycles. The van der Waals surface area contributed by atoms with Crippen LogP contribution in [0.1, 0.15) is 0 Å². The summed E-state index contributed by atoms with van der Waals surface area (Å²) in [5, 5.41) is -0.0231. The highest BCUT2D eigenvalue weighted by Crippen LogP contribution is 2.25. The van der Waals surface area contributed by atoms with Gasteiger partial charge in [-0.05, 0) is 12.1 Å². The summed E-state index contributed by atoms with van der Waals surface area (Å²) >= 11 is 5.46. The number of hydrogen-bond donors (Lipinski definition) is 0. The summed E-state index contributed by atoms with van der Waals surface area (Å²) in [5.41, 5.74) is 0. The number of methoxy groups -OCH3 is 1. The lowest BCUT2D eigenvalue weighted by atomic mass is 10.3. The quantitative estimate of drug-likeness (QED) is 0.611. The molecule has 10 heavy (non-hydrogen) atoms. The molecular weight excluding hydrogens is 155 g/mol. The molecule has 1 rings (SSSR count).